The van der Waals surface area contributed by atoms with Gasteiger partial charge in [-0.05, 0) is 49.2 Å². The van der Waals surface area contributed by atoms with E-state index in [0.29, 0.717) is 18.8 Å². The van der Waals surface area contributed by atoms with Crippen molar-refractivity contribution < 1.29 is 13.6 Å². The lowest BCUT2D eigenvalue weighted by Gasteiger charge is -2.33. The van der Waals surface area contributed by atoms with E-state index in [2.05, 4.69) is 5.32 Å². The number of anilines is 1. The first-order valence-corrected chi connectivity index (χ1v) is 8.17. The fourth-order valence-corrected chi connectivity index (χ4v) is 3.09. The van der Waals surface area contributed by atoms with Gasteiger partial charge >= 0.3 is 0 Å². The molecular weight excluding hydrogens is 334 g/mol. The van der Waals surface area contributed by atoms with Crippen LogP contribution in [-0.4, -0.2) is 29.9 Å². The first-order valence-electron chi connectivity index (χ1n) is 7.79. The lowest BCUT2D eigenvalue weighted by Crippen LogP contribution is -2.45. The van der Waals surface area contributed by atoms with Crippen molar-refractivity contribution in [3.05, 3.63) is 64.7 Å². The van der Waals surface area contributed by atoms with E-state index in [4.69, 9.17) is 11.6 Å². The van der Waals surface area contributed by atoms with Crippen LogP contribution in [0.1, 0.15) is 23.2 Å². The molecule has 0 aromatic heterocycles. The third kappa shape index (κ3) is 3.85. The monoisotopic (exact) mass is 350 g/mol. The average molecular weight is 351 g/mol. The number of hydrogen-bond donors (Lipinski definition) is 1. The van der Waals surface area contributed by atoms with Crippen LogP contribution in [-0.2, 0) is 0 Å². The summed E-state index contributed by atoms with van der Waals surface area (Å²) in [7, 11) is 0. The van der Waals surface area contributed by atoms with Gasteiger partial charge in [0, 0.05) is 29.8 Å². The van der Waals surface area contributed by atoms with Gasteiger partial charge in [0.15, 0.2) is 0 Å². The van der Waals surface area contributed by atoms with Gasteiger partial charge in [0.25, 0.3) is 5.91 Å². The number of nitrogens with one attached hydrogen (secondary N) is 1. The zero-order valence-electron chi connectivity index (χ0n) is 12.9. The minimum Gasteiger partial charge on any atom is -0.380 e. The molecule has 126 valence electrons. The quantitative estimate of drug-likeness (QED) is 0.893. The van der Waals surface area contributed by atoms with Gasteiger partial charge in [0.05, 0.1) is 5.56 Å². The lowest BCUT2D eigenvalue weighted by atomic mass is 10.0. The molecule has 0 saturated carbocycles. The van der Waals surface area contributed by atoms with E-state index in [1.54, 1.807) is 17.0 Å². The van der Waals surface area contributed by atoms with Gasteiger partial charge < -0.3 is 10.2 Å². The molecule has 3 rings (SSSR count). The van der Waals surface area contributed by atoms with Crippen molar-refractivity contribution in [3.63, 3.8) is 0 Å². The third-order valence-electron chi connectivity index (χ3n) is 4.07. The van der Waals surface area contributed by atoms with Gasteiger partial charge in [0.2, 0.25) is 0 Å². The molecule has 1 heterocycles. The Labute approximate surface area is 144 Å². The van der Waals surface area contributed by atoms with Crippen molar-refractivity contribution in [3.8, 4) is 0 Å². The molecule has 0 aliphatic carbocycles. The van der Waals surface area contributed by atoms with E-state index in [-0.39, 0.29) is 28.4 Å². The molecule has 1 aliphatic heterocycles. The number of carbonyl (C=O) groups excluding carboxylic acids is 1. The summed E-state index contributed by atoms with van der Waals surface area (Å²) in [4.78, 5) is 14.2. The smallest absolute Gasteiger partial charge is 0.256 e. The van der Waals surface area contributed by atoms with Gasteiger partial charge in [-0.1, -0.05) is 17.7 Å². The van der Waals surface area contributed by atoms with Crippen LogP contribution in [0.4, 0.5) is 14.5 Å². The van der Waals surface area contributed by atoms with Gasteiger partial charge in [-0.25, -0.2) is 8.78 Å². The lowest BCUT2D eigenvalue weighted by molar-refractivity contribution is 0.0710. The van der Waals surface area contributed by atoms with Gasteiger partial charge in [-0.2, -0.15) is 0 Å². The summed E-state index contributed by atoms with van der Waals surface area (Å²) in [5.41, 5.74) is 0.692. The number of rotatable bonds is 3. The molecule has 2 aromatic rings. The van der Waals surface area contributed by atoms with Crippen LogP contribution in [0.3, 0.4) is 0 Å². The number of amides is 1. The Morgan fingerprint density at radius 2 is 2.04 bits per heavy atom. The molecule has 0 bridgehead atoms. The number of carbonyl (C=O) groups is 1. The van der Waals surface area contributed by atoms with Crippen molar-refractivity contribution in [2.45, 2.75) is 18.9 Å². The topological polar surface area (TPSA) is 32.3 Å². The van der Waals surface area contributed by atoms with Crippen LogP contribution < -0.4 is 5.32 Å². The molecule has 2 aromatic carbocycles. The highest BCUT2D eigenvalue weighted by molar-refractivity contribution is 6.30. The number of hydrogen-bond acceptors (Lipinski definition) is 2. The van der Waals surface area contributed by atoms with Crippen LogP contribution in [0.5, 0.6) is 0 Å². The van der Waals surface area contributed by atoms with Crippen LogP contribution in [0, 0.1) is 11.6 Å². The maximum absolute atomic E-state index is 14.0. The second-order valence-corrected chi connectivity index (χ2v) is 6.31. The number of likely N-dealkylation sites (tertiary alicyclic amines) is 1. The summed E-state index contributed by atoms with van der Waals surface area (Å²) in [5.74, 6) is -1.28. The fraction of sp³-hybridized carbons (Fsp3) is 0.278. The predicted octanol–water partition coefficient (Wildman–Crippen LogP) is 4.33. The van der Waals surface area contributed by atoms with Crippen molar-refractivity contribution in [2.24, 2.45) is 0 Å². The average Bonchev–Trinajstić information content (AvgIpc) is 2.54. The zero-order valence-corrected chi connectivity index (χ0v) is 13.7. The largest absolute Gasteiger partial charge is 0.380 e. The summed E-state index contributed by atoms with van der Waals surface area (Å²) >= 11 is 5.73. The number of halogens is 3. The van der Waals surface area contributed by atoms with Crippen LogP contribution in [0.25, 0.3) is 0 Å². The molecule has 1 atom stereocenters. The van der Waals surface area contributed by atoms with Crippen molar-refractivity contribution in [1.82, 2.24) is 4.90 Å². The molecule has 1 aliphatic rings. The highest BCUT2D eigenvalue weighted by Gasteiger charge is 2.26. The van der Waals surface area contributed by atoms with E-state index in [1.807, 2.05) is 0 Å². The van der Waals surface area contributed by atoms with Crippen molar-refractivity contribution >= 4 is 23.2 Å². The summed E-state index contributed by atoms with van der Waals surface area (Å²) in [5, 5.41) is 3.49. The molecular formula is C18H17ClF2N2O. The minimum atomic E-state index is -0.618. The van der Waals surface area contributed by atoms with Gasteiger partial charge in [-0.15, -0.1) is 0 Å². The first kappa shape index (κ1) is 16.7. The molecule has 1 saturated heterocycles. The summed E-state index contributed by atoms with van der Waals surface area (Å²) in [6.07, 6.45) is 1.66. The van der Waals surface area contributed by atoms with Crippen molar-refractivity contribution in [2.75, 3.05) is 18.4 Å². The Bertz CT molecular complexity index is 754. The first-order chi connectivity index (χ1) is 11.5. The van der Waals surface area contributed by atoms with Crippen LogP contribution >= 0.6 is 11.6 Å². The fourth-order valence-electron chi connectivity index (χ4n) is 2.93. The van der Waals surface area contributed by atoms with Crippen LogP contribution in [0.2, 0.25) is 5.02 Å². The normalized spacial score (nSPS) is 17.6. The van der Waals surface area contributed by atoms with Gasteiger partial charge in [-0.3, -0.25) is 4.79 Å². The van der Waals surface area contributed by atoms with E-state index >= 15 is 0 Å². The number of benzene rings is 2. The Kier molecular flexibility index (Phi) is 5.00. The molecule has 0 radical (unpaired) electrons. The Morgan fingerprint density at radius 1 is 1.21 bits per heavy atom. The Morgan fingerprint density at radius 3 is 2.79 bits per heavy atom. The van der Waals surface area contributed by atoms with E-state index < -0.39 is 5.82 Å². The van der Waals surface area contributed by atoms with Crippen molar-refractivity contribution in [1.29, 1.82) is 0 Å². The predicted molar refractivity (Wildman–Crippen MR) is 90.4 cm³/mol. The molecule has 3 nitrogen and oxygen atoms in total. The molecule has 1 fully saturated rings. The second kappa shape index (κ2) is 7.18. The molecule has 24 heavy (non-hydrogen) atoms. The van der Waals surface area contributed by atoms with Gasteiger partial charge in [0.1, 0.15) is 11.6 Å². The second-order valence-electron chi connectivity index (χ2n) is 5.87. The summed E-state index contributed by atoms with van der Waals surface area (Å²) in [6, 6.07) is 10.3. The summed E-state index contributed by atoms with van der Waals surface area (Å²) < 4.78 is 27.2. The van der Waals surface area contributed by atoms with Crippen LogP contribution in [0.15, 0.2) is 42.5 Å². The Hall–Kier alpha value is -2.14. The highest BCUT2D eigenvalue weighted by Crippen LogP contribution is 2.21. The van der Waals surface area contributed by atoms with E-state index in [1.165, 1.54) is 24.3 Å². The highest BCUT2D eigenvalue weighted by atomic mass is 35.5. The number of nitrogens with zero attached hydrogens (tertiary/aromatic N) is 1. The molecule has 0 spiro atoms. The molecule has 1 unspecified atom stereocenters. The maximum Gasteiger partial charge on any atom is 0.256 e. The molecule has 6 heteroatoms. The van der Waals surface area contributed by atoms with E-state index in [9.17, 15) is 13.6 Å². The maximum atomic E-state index is 14.0. The third-order valence-corrected chi connectivity index (χ3v) is 4.30. The summed E-state index contributed by atoms with van der Waals surface area (Å²) in [6.45, 7) is 1.01. The number of piperidine rings is 1. The minimum absolute atomic E-state index is 0.000128. The standard InChI is InChI=1S/C18H17ClF2N2O/c19-12-6-7-16(17(21)9-12)18(24)23-8-2-5-15(11-23)22-14-4-1-3-13(20)10-14/h1,3-4,6-7,9-10,15,22H,2,5,8,11H2. The molecule has 1 amide bonds. The molecule has 1 N–H and O–H groups in total. The van der Waals surface area contributed by atoms with E-state index in [0.717, 1.165) is 18.9 Å². The zero-order chi connectivity index (χ0) is 17.1. The Balaban J connectivity index is 1.69. The SMILES string of the molecule is O=C(c1ccc(Cl)cc1F)N1CCCC(Nc2cccc(F)c2)C1.